The molecule has 4 heterocycles. The molecule has 2 aromatic rings. The average Bonchev–Trinajstić information content (AvgIpc) is 3.21. The van der Waals surface area contributed by atoms with Crippen LogP contribution in [0.4, 0.5) is 10.9 Å². The van der Waals surface area contributed by atoms with E-state index in [1.54, 1.807) is 11.3 Å². The Balaban J connectivity index is 1.39. The van der Waals surface area contributed by atoms with E-state index in [2.05, 4.69) is 26.3 Å². The maximum Gasteiger partial charge on any atom is 0.223 e. The van der Waals surface area contributed by atoms with Crippen LogP contribution in [0.1, 0.15) is 30.2 Å². The van der Waals surface area contributed by atoms with E-state index >= 15 is 0 Å². The summed E-state index contributed by atoms with van der Waals surface area (Å²) in [5.41, 5.74) is 2.53. The average molecular weight is 355 g/mol. The fourth-order valence-corrected chi connectivity index (χ4v) is 4.46. The van der Waals surface area contributed by atoms with Gasteiger partial charge >= 0.3 is 0 Å². The SMILES string of the molecule is CC(=O)Nc1ncc(CN2CCCC(C3=Nc4ncccc4C3)C2)s1. The number of aliphatic imine (C=N–C) groups is 1. The van der Waals surface area contributed by atoms with Gasteiger partial charge in [-0.2, -0.15) is 0 Å². The highest BCUT2D eigenvalue weighted by molar-refractivity contribution is 7.15. The number of fused-ring (bicyclic) bond motifs is 1. The normalized spacial score (nSPS) is 20.2. The molecule has 1 atom stereocenters. The Morgan fingerprint density at radius 2 is 2.36 bits per heavy atom. The molecule has 7 heteroatoms. The molecule has 1 unspecified atom stereocenters. The summed E-state index contributed by atoms with van der Waals surface area (Å²) in [6.45, 7) is 4.51. The number of aromatic nitrogens is 2. The van der Waals surface area contributed by atoms with Crippen LogP contribution in [-0.2, 0) is 17.8 Å². The van der Waals surface area contributed by atoms with Crippen molar-refractivity contribution in [1.29, 1.82) is 0 Å². The van der Waals surface area contributed by atoms with Gasteiger partial charge in [0.1, 0.15) is 0 Å². The van der Waals surface area contributed by atoms with Crippen molar-refractivity contribution in [3.05, 3.63) is 35.0 Å². The first-order chi connectivity index (χ1) is 12.2. The van der Waals surface area contributed by atoms with Gasteiger partial charge in [0.05, 0.1) is 0 Å². The minimum Gasteiger partial charge on any atom is -0.302 e. The van der Waals surface area contributed by atoms with Crippen molar-refractivity contribution >= 4 is 33.9 Å². The molecule has 0 aliphatic carbocycles. The third kappa shape index (κ3) is 3.77. The lowest BCUT2D eigenvalue weighted by Gasteiger charge is -2.32. The second kappa shape index (κ2) is 7.01. The van der Waals surface area contributed by atoms with Crippen LogP contribution in [0.5, 0.6) is 0 Å². The number of nitrogens with one attached hydrogen (secondary N) is 1. The summed E-state index contributed by atoms with van der Waals surface area (Å²) in [4.78, 5) is 28.2. The third-order valence-corrected chi connectivity index (χ3v) is 5.58. The number of rotatable bonds is 4. The van der Waals surface area contributed by atoms with Gasteiger partial charge in [-0.1, -0.05) is 6.07 Å². The van der Waals surface area contributed by atoms with Crippen LogP contribution in [0.15, 0.2) is 29.5 Å². The van der Waals surface area contributed by atoms with Crippen LogP contribution in [0.3, 0.4) is 0 Å². The molecule has 0 aromatic carbocycles. The molecular weight excluding hydrogens is 334 g/mol. The topological polar surface area (TPSA) is 70.5 Å². The van der Waals surface area contributed by atoms with Crippen molar-refractivity contribution in [2.75, 3.05) is 18.4 Å². The van der Waals surface area contributed by atoms with E-state index in [4.69, 9.17) is 4.99 Å². The summed E-state index contributed by atoms with van der Waals surface area (Å²) < 4.78 is 0. The van der Waals surface area contributed by atoms with Gasteiger partial charge in [0.15, 0.2) is 10.9 Å². The number of carbonyl (C=O) groups is 1. The quantitative estimate of drug-likeness (QED) is 0.915. The van der Waals surface area contributed by atoms with Gasteiger partial charge < -0.3 is 5.32 Å². The van der Waals surface area contributed by atoms with Crippen molar-refractivity contribution in [3.8, 4) is 0 Å². The van der Waals surface area contributed by atoms with Crippen LogP contribution >= 0.6 is 11.3 Å². The summed E-state index contributed by atoms with van der Waals surface area (Å²) in [6, 6.07) is 4.11. The third-order valence-electron chi connectivity index (χ3n) is 4.68. The van der Waals surface area contributed by atoms with Crippen LogP contribution in [0.2, 0.25) is 0 Å². The van der Waals surface area contributed by atoms with E-state index in [-0.39, 0.29) is 5.91 Å². The molecule has 1 N–H and O–H groups in total. The Kier molecular flexibility index (Phi) is 4.59. The lowest BCUT2D eigenvalue weighted by Crippen LogP contribution is -2.38. The number of thiazole rings is 1. The van der Waals surface area contributed by atoms with Crippen molar-refractivity contribution in [2.24, 2.45) is 10.9 Å². The minimum absolute atomic E-state index is 0.0774. The van der Waals surface area contributed by atoms with Crippen LogP contribution < -0.4 is 5.32 Å². The van der Waals surface area contributed by atoms with Gasteiger partial charge in [0.2, 0.25) is 5.91 Å². The number of hydrogen-bond acceptors (Lipinski definition) is 6. The maximum absolute atomic E-state index is 11.1. The molecular formula is C18H21N5OS. The molecule has 0 radical (unpaired) electrons. The van der Waals surface area contributed by atoms with Crippen LogP contribution in [0.25, 0.3) is 0 Å². The number of amides is 1. The van der Waals surface area contributed by atoms with Gasteiger partial charge in [-0.05, 0) is 25.5 Å². The van der Waals surface area contributed by atoms with Gasteiger partial charge in [0, 0.05) is 60.9 Å². The predicted molar refractivity (Wildman–Crippen MR) is 99.5 cm³/mol. The van der Waals surface area contributed by atoms with Crippen molar-refractivity contribution < 1.29 is 4.79 Å². The van der Waals surface area contributed by atoms with Gasteiger partial charge in [-0.15, -0.1) is 11.3 Å². The predicted octanol–water partition coefficient (Wildman–Crippen LogP) is 3.04. The van der Waals surface area contributed by atoms with Crippen molar-refractivity contribution in [1.82, 2.24) is 14.9 Å². The molecule has 2 aliphatic heterocycles. The monoisotopic (exact) mass is 355 g/mol. The number of anilines is 1. The highest BCUT2D eigenvalue weighted by Gasteiger charge is 2.28. The van der Waals surface area contributed by atoms with Crippen LogP contribution in [-0.4, -0.2) is 39.6 Å². The molecule has 4 rings (SSSR count). The fourth-order valence-electron chi connectivity index (χ4n) is 3.56. The maximum atomic E-state index is 11.1. The zero-order valence-electron chi connectivity index (χ0n) is 14.2. The summed E-state index contributed by atoms with van der Waals surface area (Å²) in [5, 5.41) is 3.43. The molecule has 0 saturated carbocycles. The second-order valence-electron chi connectivity index (χ2n) is 6.65. The molecule has 130 valence electrons. The Morgan fingerprint density at radius 3 is 3.20 bits per heavy atom. The van der Waals surface area contributed by atoms with Crippen molar-refractivity contribution in [3.63, 3.8) is 0 Å². The van der Waals surface area contributed by atoms with E-state index in [1.807, 2.05) is 18.5 Å². The number of piperidine rings is 1. The first kappa shape index (κ1) is 16.4. The molecule has 1 fully saturated rings. The zero-order chi connectivity index (χ0) is 17.2. The largest absolute Gasteiger partial charge is 0.302 e. The second-order valence-corrected chi connectivity index (χ2v) is 7.77. The van der Waals surface area contributed by atoms with Crippen LogP contribution in [0, 0.1) is 5.92 Å². The van der Waals surface area contributed by atoms with Gasteiger partial charge in [-0.3, -0.25) is 9.69 Å². The molecule has 2 aliphatic rings. The molecule has 6 nitrogen and oxygen atoms in total. The fraction of sp³-hybridized carbons (Fsp3) is 0.444. The van der Waals surface area contributed by atoms with E-state index in [9.17, 15) is 4.79 Å². The molecule has 0 spiro atoms. The Bertz CT molecular complexity index is 815. The highest BCUT2D eigenvalue weighted by atomic mass is 32.1. The Morgan fingerprint density at radius 1 is 1.44 bits per heavy atom. The van der Waals surface area contributed by atoms with E-state index in [0.29, 0.717) is 11.0 Å². The summed E-state index contributed by atoms with van der Waals surface area (Å²) >= 11 is 1.55. The number of likely N-dealkylation sites (tertiary alicyclic amines) is 1. The standard InChI is InChI=1S/C18H21N5OS/c1-12(24)21-18-20-9-15(25-18)11-23-7-3-5-14(10-23)16-8-13-4-2-6-19-17(13)22-16/h2,4,6,9,14H,3,5,7-8,10-11H2,1H3,(H,20,21,24). The number of pyridine rings is 1. The molecule has 1 amide bonds. The molecule has 25 heavy (non-hydrogen) atoms. The van der Waals surface area contributed by atoms with Gasteiger partial charge in [0.25, 0.3) is 0 Å². The number of hydrogen-bond donors (Lipinski definition) is 1. The first-order valence-corrected chi connectivity index (χ1v) is 9.45. The molecule has 1 saturated heterocycles. The summed E-state index contributed by atoms with van der Waals surface area (Å²) in [5.74, 6) is 1.33. The lowest BCUT2D eigenvalue weighted by atomic mass is 9.91. The van der Waals surface area contributed by atoms with E-state index < -0.39 is 0 Å². The van der Waals surface area contributed by atoms with E-state index in [1.165, 1.54) is 35.9 Å². The van der Waals surface area contributed by atoms with Gasteiger partial charge in [-0.25, -0.2) is 15.0 Å². The minimum atomic E-state index is -0.0774. The van der Waals surface area contributed by atoms with Crippen molar-refractivity contribution in [2.45, 2.75) is 32.7 Å². The lowest BCUT2D eigenvalue weighted by molar-refractivity contribution is -0.114. The Labute approximate surface area is 151 Å². The summed E-state index contributed by atoms with van der Waals surface area (Å²) in [7, 11) is 0. The first-order valence-electron chi connectivity index (χ1n) is 8.63. The Hall–Kier alpha value is -2.12. The number of carbonyl (C=O) groups excluding carboxylic acids is 1. The smallest absolute Gasteiger partial charge is 0.223 e. The molecule has 2 aromatic heterocycles. The number of nitrogens with zero attached hydrogens (tertiary/aromatic N) is 4. The zero-order valence-corrected chi connectivity index (χ0v) is 15.1. The summed E-state index contributed by atoms with van der Waals surface area (Å²) in [6.07, 6.45) is 7.00. The highest BCUT2D eigenvalue weighted by Crippen LogP contribution is 2.30. The molecule has 0 bridgehead atoms. The van der Waals surface area contributed by atoms with E-state index in [0.717, 1.165) is 31.9 Å².